The third-order valence-electron chi connectivity index (χ3n) is 1.87. The van der Waals surface area contributed by atoms with Gasteiger partial charge in [-0.2, -0.15) is 0 Å². The summed E-state index contributed by atoms with van der Waals surface area (Å²) in [6, 6.07) is 4.06. The molecule has 1 amide bonds. The lowest BCUT2D eigenvalue weighted by atomic mass is 10.2. The fourth-order valence-corrected chi connectivity index (χ4v) is 1.19. The van der Waals surface area contributed by atoms with E-state index in [1.165, 1.54) is 25.1 Å². The molecule has 3 nitrogen and oxygen atoms in total. The van der Waals surface area contributed by atoms with Crippen LogP contribution >= 0.6 is 0 Å². The molecule has 1 aromatic carbocycles. The highest BCUT2D eigenvalue weighted by Crippen LogP contribution is 2.15. The minimum atomic E-state index is -0.378. The molecule has 0 saturated carbocycles. The minimum absolute atomic E-state index is 0.156. The zero-order valence-corrected chi connectivity index (χ0v) is 8.63. The van der Waals surface area contributed by atoms with Crippen LogP contribution in [-0.2, 0) is 9.59 Å². The first-order valence-electron chi connectivity index (χ1n) is 4.54. The summed E-state index contributed by atoms with van der Waals surface area (Å²) in [6.45, 7) is 3.03. The summed E-state index contributed by atoms with van der Waals surface area (Å²) in [5.41, 5.74) is 1.16. The zero-order valence-electron chi connectivity index (χ0n) is 8.63. The number of ketones is 1. The Balaban J connectivity index is 2.72. The quantitative estimate of drug-likeness (QED) is 0.774. The van der Waals surface area contributed by atoms with Gasteiger partial charge in [-0.25, -0.2) is 4.39 Å². The number of aryl methyl sites for hydroxylation is 1. The van der Waals surface area contributed by atoms with Crippen LogP contribution in [0.3, 0.4) is 0 Å². The third-order valence-corrected chi connectivity index (χ3v) is 1.87. The molecule has 0 radical (unpaired) electrons. The van der Waals surface area contributed by atoms with Crippen molar-refractivity contribution in [2.75, 3.05) is 5.32 Å². The van der Waals surface area contributed by atoms with Gasteiger partial charge in [0.1, 0.15) is 11.6 Å². The van der Waals surface area contributed by atoms with Gasteiger partial charge in [-0.15, -0.1) is 0 Å². The van der Waals surface area contributed by atoms with E-state index in [-0.39, 0.29) is 23.9 Å². The largest absolute Gasteiger partial charge is 0.325 e. The molecule has 4 heteroatoms. The summed E-state index contributed by atoms with van der Waals surface area (Å²) in [4.78, 5) is 21.9. The van der Waals surface area contributed by atoms with Crippen LogP contribution in [0.1, 0.15) is 18.9 Å². The second-order valence-electron chi connectivity index (χ2n) is 3.39. The summed E-state index contributed by atoms with van der Waals surface area (Å²) in [7, 11) is 0. The third kappa shape index (κ3) is 3.50. The van der Waals surface area contributed by atoms with E-state index in [0.717, 1.165) is 0 Å². The number of hydrogen-bond acceptors (Lipinski definition) is 2. The minimum Gasteiger partial charge on any atom is -0.325 e. The van der Waals surface area contributed by atoms with Crippen molar-refractivity contribution < 1.29 is 14.0 Å². The molecule has 0 spiro atoms. The van der Waals surface area contributed by atoms with Crippen molar-refractivity contribution in [1.82, 2.24) is 0 Å². The summed E-state index contributed by atoms with van der Waals surface area (Å²) >= 11 is 0. The van der Waals surface area contributed by atoms with E-state index in [0.29, 0.717) is 11.3 Å². The van der Waals surface area contributed by atoms with E-state index in [1.54, 1.807) is 6.92 Å². The standard InChI is InChI=1S/C11H12FNO2/c1-7-5-9(12)3-4-10(7)13-11(15)6-8(2)14/h3-5H,6H2,1-2H3,(H,13,15). The van der Waals surface area contributed by atoms with Gasteiger partial charge in [-0.1, -0.05) is 0 Å². The highest BCUT2D eigenvalue weighted by molar-refractivity contribution is 6.03. The summed E-state index contributed by atoms with van der Waals surface area (Å²) in [5, 5.41) is 2.54. The van der Waals surface area contributed by atoms with E-state index in [9.17, 15) is 14.0 Å². The Bertz CT molecular complexity index is 402. The first-order valence-corrected chi connectivity index (χ1v) is 4.54. The maximum absolute atomic E-state index is 12.7. The summed E-state index contributed by atoms with van der Waals surface area (Å²) < 4.78 is 12.7. The van der Waals surface area contributed by atoms with Crippen molar-refractivity contribution >= 4 is 17.4 Å². The molecule has 80 valence electrons. The molecule has 1 aromatic rings. The van der Waals surface area contributed by atoms with Crippen molar-refractivity contribution in [1.29, 1.82) is 0 Å². The van der Waals surface area contributed by atoms with Crippen molar-refractivity contribution in [2.24, 2.45) is 0 Å². The van der Waals surface area contributed by atoms with Crippen LogP contribution in [0.25, 0.3) is 0 Å². The van der Waals surface area contributed by atoms with Crippen LogP contribution in [0.4, 0.5) is 10.1 Å². The number of amides is 1. The number of anilines is 1. The lowest BCUT2D eigenvalue weighted by molar-refractivity contribution is -0.124. The van der Waals surface area contributed by atoms with E-state index < -0.39 is 0 Å². The van der Waals surface area contributed by atoms with Crippen LogP contribution in [-0.4, -0.2) is 11.7 Å². The molecule has 0 unspecified atom stereocenters. The number of nitrogens with one attached hydrogen (secondary N) is 1. The van der Waals surface area contributed by atoms with Crippen molar-refractivity contribution in [3.8, 4) is 0 Å². The number of benzene rings is 1. The van der Waals surface area contributed by atoms with Crippen LogP contribution in [0.15, 0.2) is 18.2 Å². The van der Waals surface area contributed by atoms with Gasteiger partial charge in [0.2, 0.25) is 5.91 Å². The van der Waals surface area contributed by atoms with Gasteiger partial charge in [0.15, 0.2) is 0 Å². The SMILES string of the molecule is CC(=O)CC(=O)Nc1ccc(F)cc1C. The molecule has 0 saturated heterocycles. The van der Waals surface area contributed by atoms with E-state index >= 15 is 0 Å². The Morgan fingerprint density at radius 3 is 2.60 bits per heavy atom. The first-order chi connectivity index (χ1) is 6.99. The zero-order chi connectivity index (χ0) is 11.4. The van der Waals surface area contributed by atoms with Crippen LogP contribution in [0.5, 0.6) is 0 Å². The number of Topliss-reactive ketones (excluding diaryl/α,β-unsaturated/α-hetero) is 1. The lowest BCUT2D eigenvalue weighted by Gasteiger charge is -2.07. The molecule has 0 aliphatic carbocycles. The Labute approximate surface area is 87.3 Å². The molecule has 0 heterocycles. The first kappa shape index (κ1) is 11.4. The second kappa shape index (κ2) is 4.68. The van der Waals surface area contributed by atoms with E-state index in [2.05, 4.69) is 5.32 Å². The number of rotatable bonds is 3. The van der Waals surface area contributed by atoms with Gasteiger partial charge < -0.3 is 5.32 Å². The van der Waals surface area contributed by atoms with Crippen molar-refractivity contribution in [3.63, 3.8) is 0 Å². The normalized spacial score (nSPS) is 9.80. The van der Waals surface area contributed by atoms with Gasteiger partial charge >= 0.3 is 0 Å². The van der Waals surface area contributed by atoms with Gasteiger partial charge in [0.05, 0.1) is 6.42 Å². The van der Waals surface area contributed by atoms with Crippen molar-refractivity contribution in [3.05, 3.63) is 29.6 Å². The molecule has 1 rings (SSSR count). The van der Waals surface area contributed by atoms with E-state index in [4.69, 9.17) is 0 Å². The Hall–Kier alpha value is -1.71. The second-order valence-corrected chi connectivity index (χ2v) is 3.39. The van der Waals surface area contributed by atoms with Gasteiger partial charge in [-0.05, 0) is 37.6 Å². The van der Waals surface area contributed by atoms with E-state index in [1.807, 2.05) is 0 Å². The fourth-order valence-electron chi connectivity index (χ4n) is 1.19. The van der Waals surface area contributed by atoms with Crippen LogP contribution in [0.2, 0.25) is 0 Å². The molecule has 0 aromatic heterocycles. The summed E-state index contributed by atoms with van der Waals surface area (Å²) in [5.74, 6) is -0.929. The van der Waals surface area contributed by atoms with Crippen LogP contribution in [0, 0.1) is 12.7 Å². The molecular weight excluding hydrogens is 197 g/mol. The number of carbonyl (C=O) groups excluding carboxylic acids is 2. The maximum atomic E-state index is 12.7. The molecule has 0 bridgehead atoms. The summed E-state index contributed by atoms with van der Waals surface area (Å²) in [6.07, 6.45) is -0.156. The molecule has 0 atom stereocenters. The van der Waals surface area contributed by atoms with Crippen molar-refractivity contribution in [2.45, 2.75) is 20.3 Å². The predicted molar refractivity (Wildman–Crippen MR) is 55.1 cm³/mol. The Morgan fingerprint density at radius 2 is 2.07 bits per heavy atom. The molecular formula is C11H12FNO2. The molecule has 1 N–H and O–H groups in total. The Kier molecular flexibility index (Phi) is 3.55. The Morgan fingerprint density at radius 1 is 1.40 bits per heavy atom. The monoisotopic (exact) mass is 209 g/mol. The lowest BCUT2D eigenvalue weighted by Crippen LogP contribution is -2.15. The number of hydrogen-bond donors (Lipinski definition) is 1. The number of halogens is 1. The highest BCUT2D eigenvalue weighted by atomic mass is 19.1. The fraction of sp³-hybridized carbons (Fsp3) is 0.273. The van der Waals surface area contributed by atoms with Gasteiger partial charge in [-0.3, -0.25) is 9.59 Å². The smallest absolute Gasteiger partial charge is 0.231 e. The predicted octanol–water partition coefficient (Wildman–Crippen LogP) is 2.05. The maximum Gasteiger partial charge on any atom is 0.231 e. The highest BCUT2D eigenvalue weighted by Gasteiger charge is 2.07. The topological polar surface area (TPSA) is 46.2 Å². The molecule has 0 aliphatic rings. The molecule has 0 fully saturated rings. The average Bonchev–Trinajstić information content (AvgIpc) is 2.08. The molecule has 0 aliphatic heterocycles. The average molecular weight is 209 g/mol. The number of carbonyl (C=O) groups is 2. The van der Waals surface area contributed by atoms with Gasteiger partial charge in [0, 0.05) is 5.69 Å². The molecule has 15 heavy (non-hydrogen) atoms. The van der Waals surface area contributed by atoms with Gasteiger partial charge in [0.25, 0.3) is 0 Å². The van der Waals surface area contributed by atoms with Crippen LogP contribution < -0.4 is 5.32 Å².